The maximum absolute atomic E-state index is 13.4. The van der Waals surface area contributed by atoms with E-state index >= 15 is 0 Å². The highest BCUT2D eigenvalue weighted by molar-refractivity contribution is 8.00. The number of amides is 1. The largest absolute Gasteiger partial charge is 0.350 e. The van der Waals surface area contributed by atoms with Crippen molar-refractivity contribution < 1.29 is 4.79 Å². The summed E-state index contributed by atoms with van der Waals surface area (Å²) in [6, 6.07) is 16.6. The van der Waals surface area contributed by atoms with Crippen LogP contribution in [0.25, 0.3) is 0 Å². The molecule has 1 amide bonds. The summed E-state index contributed by atoms with van der Waals surface area (Å²) in [5.41, 5.74) is 4.00. The van der Waals surface area contributed by atoms with Gasteiger partial charge < -0.3 is 10.2 Å². The number of carbonyl (C=O) groups excluding carboxylic acids is 1. The normalized spacial score (nSPS) is 22.5. The SMILES string of the molecule is O=C1C2=C(CN1C1CCCCC1)C(c1ccccc1Cl)Sc1ccccc1N2. The highest BCUT2D eigenvalue weighted by atomic mass is 35.5. The minimum Gasteiger partial charge on any atom is -0.350 e. The van der Waals surface area contributed by atoms with E-state index in [0.717, 1.165) is 45.3 Å². The molecule has 2 aromatic rings. The van der Waals surface area contributed by atoms with Crippen LogP contribution in [0.1, 0.15) is 42.9 Å². The molecule has 3 aliphatic rings. The molecule has 2 aliphatic heterocycles. The Hall–Kier alpha value is -1.91. The first-order valence-electron chi connectivity index (χ1n) is 10.0. The molecule has 0 saturated heterocycles. The van der Waals surface area contributed by atoms with Crippen molar-refractivity contribution in [2.24, 2.45) is 0 Å². The Balaban J connectivity index is 1.58. The molecular weight excluding hydrogens is 388 g/mol. The average molecular weight is 411 g/mol. The van der Waals surface area contributed by atoms with Crippen LogP contribution in [-0.2, 0) is 4.79 Å². The highest BCUT2D eigenvalue weighted by Crippen LogP contribution is 2.50. The summed E-state index contributed by atoms with van der Waals surface area (Å²) in [5.74, 6) is 0.149. The van der Waals surface area contributed by atoms with E-state index in [0.29, 0.717) is 12.6 Å². The number of thioether (sulfide) groups is 1. The Morgan fingerprint density at radius 3 is 2.57 bits per heavy atom. The van der Waals surface area contributed by atoms with E-state index in [2.05, 4.69) is 28.4 Å². The summed E-state index contributed by atoms with van der Waals surface area (Å²) in [6.07, 6.45) is 5.96. The molecule has 0 radical (unpaired) electrons. The predicted octanol–water partition coefficient (Wildman–Crippen LogP) is 6.03. The van der Waals surface area contributed by atoms with Crippen LogP contribution in [0.3, 0.4) is 0 Å². The van der Waals surface area contributed by atoms with Crippen molar-refractivity contribution in [2.75, 3.05) is 11.9 Å². The van der Waals surface area contributed by atoms with Gasteiger partial charge in [-0.15, -0.1) is 11.8 Å². The third kappa shape index (κ3) is 3.13. The number of hydrogen-bond donors (Lipinski definition) is 1. The molecule has 1 fully saturated rings. The van der Waals surface area contributed by atoms with E-state index in [-0.39, 0.29) is 11.2 Å². The molecule has 1 saturated carbocycles. The topological polar surface area (TPSA) is 32.3 Å². The molecular formula is C23H23ClN2OS. The van der Waals surface area contributed by atoms with E-state index < -0.39 is 0 Å². The molecule has 5 rings (SSSR count). The number of hydrogen-bond acceptors (Lipinski definition) is 3. The van der Waals surface area contributed by atoms with Gasteiger partial charge in [-0.25, -0.2) is 0 Å². The molecule has 1 N–H and O–H groups in total. The van der Waals surface area contributed by atoms with Gasteiger partial charge in [0.25, 0.3) is 5.91 Å². The number of rotatable bonds is 2. The van der Waals surface area contributed by atoms with Gasteiger partial charge in [-0.3, -0.25) is 4.79 Å². The molecule has 5 heteroatoms. The first-order chi connectivity index (χ1) is 13.7. The second-order valence-corrected chi connectivity index (χ2v) is 9.32. The van der Waals surface area contributed by atoms with E-state index in [1.165, 1.54) is 19.3 Å². The third-order valence-corrected chi connectivity index (χ3v) is 7.78. The zero-order valence-electron chi connectivity index (χ0n) is 15.7. The van der Waals surface area contributed by atoms with Crippen LogP contribution in [0.5, 0.6) is 0 Å². The Labute approximate surface area is 175 Å². The lowest BCUT2D eigenvalue weighted by Crippen LogP contribution is -2.39. The number of benzene rings is 2. The lowest BCUT2D eigenvalue weighted by molar-refractivity contribution is -0.127. The van der Waals surface area contributed by atoms with Gasteiger partial charge in [0.1, 0.15) is 5.70 Å². The van der Waals surface area contributed by atoms with Crippen molar-refractivity contribution in [2.45, 2.75) is 48.3 Å². The van der Waals surface area contributed by atoms with E-state index in [9.17, 15) is 4.79 Å². The van der Waals surface area contributed by atoms with Gasteiger partial charge in [-0.2, -0.15) is 0 Å². The monoisotopic (exact) mass is 410 g/mol. The van der Waals surface area contributed by atoms with Crippen LogP contribution in [-0.4, -0.2) is 23.4 Å². The second kappa shape index (κ2) is 7.49. The molecule has 1 atom stereocenters. The summed E-state index contributed by atoms with van der Waals surface area (Å²) in [7, 11) is 0. The molecule has 3 nitrogen and oxygen atoms in total. The Morgan fingerprint density at radius 2 is 1.75 bits per heavy atom. The van der Waals surface area contributed by atoms with Crippen molar-refractivity contribution in [1.82, 2.24) is 4.90 Å². The Kier molecular flexibility index (Phi) is 4.85. The minimum atomic E-state index is 0.0393. The van der Waals surface area contributed by atoms with E-state index in [4.69, 9.17) is 11.6 Å². The van der Waals surface area contributed by atoms with Crippen LogP contribution >= 0.6 is 23.4 Å². The van der Waals surface area contributed by atoms with Gasteiger partial charge in [0.2, 0.25) is 0 Å². The van der Waals surface area contributed by atoms with Gasteiger partial charge >= 0.3 is 0 Å². The van der Waals surface area contributed by atoms with Crippen molar-refractivity contribution >= 4 is 35.0 Å². The van der Waals surface area contributed by atoms with Crippen LogP contribution in [0.4, 0.5) is 5.69 Å². The summed E-state index contributed by atoms with van der Waals surface area (Å²) in [4.78, 5) is 16.7. The van der Waals surface area contributed by atoms with E-state index in [1.54, 1.807) is 11.8 Å². The molecule has 1 unspecified atom stereocenters. The lowest BCUT2D eigenvalue weighted by atomic mass is 9.94. The van der Waals surface area contributed by atoms with E-state index in [1.807, 2.05) is 30.3 Å². The minimum absolute atomic E-state index is 0.0393. The first kappa shape index (κ1) is 18.1. The first-order valence-corrected chi connectivity index (χ1v) is 11.3. The summed E-state index contributed by atoms with van der Waals surface area (Å²) in [5, 5.41) is 4.28. The number of nitrogens with one attached hydrogen (secondary N) is 1. The molecule has 28 heavy (non-hydrogen) atoms. The number of nitrogens with zero attached hydrogens (tertiary/aromatic N) is 1. The van der Waals surface area contributed by atoms with Gasteiger partial charge in [0.15, 0.2) is 0 Å². The van der Waals surface area contributed by atoms with Gasteiger partial charge in [0, 0.05) is 22.5 Å². The lowest BCUT2D eigenvalue weighted by Gasteiger charge is -2.32. The van der Waals surface area contributed by atoms with Gasteiger partial charge in [-0.05, 0) is 42.2 Å². The second-order valence-electron chi connectivity index (χ2n) is 7.77. The van der Waals surface area contributed by atoms with Crippen LogP contribution in [0.15, 0.2) is 64.7 Å². The third-order valence-electron chi connectivity index (χ3n) is 6.05. The van der Waals surface area contributed by atoms with Gasteiger partial charge in [0.05, 0.1) is 10.9 Å². The highest BCUT2D eigenvalue weighted by Gasteiger charge is 2.41. The molecule has 2 aromatic carbocycles. The van der Waals surface area contributed by atoms with Crippen LogP contribution in [0.2, 0.25) is 5.02 Å². The van der Waals surface area contributed by atoms with Crippen LogP contribution in [0, 0.1) is 0 Å². The summed E-state index contributed by atoms with van der Waals surface area (Å²) < 4.78 is 0. The number of para-hydroxylation sites is 1. The summed E-state index contributed by atoms with van der Waals surface area (Å²) >= 11 is 8.38. The number of anilines is 1. The van der Waals surface area contributed by atoms with Gasteiger partial charge in [-0.1, -0.05) is 61.2 Å². The molecule has 144 valence electrons. The fourth-order valence-corrected chi connectivity index (χ4v) is 6.23. The molecule has 2 heterocycles. The average Bonchev–Trinajstić information content (AvgIpc) is 2.95. The standard InChI is InChI=1S/C23H23ClN2OS/c24-18-11-5-4-10-16(18)22-17-14-26(15-8-2-1-3-9-15)23(27)21(17)25-19-12-6-7-13-20(19)28-22/h4-7,10-13,15,22,25H,1-3,8-9,14H2. The predicted molar refractivity (Wildman–Crippen MR) is 116 cm³/mol. The molecule has 0 spiro atoms. The molecule has 0 bridgehead atoms. The Bertz CT molecular complexity index is 951. The summed E-state index contributed by atoms with van der Waals surface area (Å²) in [6.45, 7) is 0.697. The number of fused-ring (bicyclic) bond motifs is 1. The molecule has 0 aromatic heterocycles. The number of halogens is 1. The number of carbonyl (C=O) groups is 1. The quantitative estimate of drug-likeness (QED) is 0.656. The maximum Gasteiger partial charge on any atom is 0.270 e. The van der Waals surface area contributed by atoms with Crippen LogP contribution < -0.4 is 5.32 Å². The zero-order chi connectivity index (χ0) is 19.1. The Morgan fingerprint density at radius 1 is 1.00 bits per heavy atom. The van der Waals surface area contributed by atoms with Crippen molar-refractivity contribution in [3.8, 4) is 0 Å². The van der Waals surface area contributed by atoms with Crippen molar-refractivity contribution in [3.05, 3.63) is 70.4 Å². The van der Waals surface area contributed by atoms with Crippen molar-refractivity contribution in [3.63, 3.8) is 0 Å². The molecule has 1 aliphatic carbocycles. The fourth-order valence-electron chi connectivity index (χ4n) is 4.60. The fraction of sp³-hybridized carbons (Fsp3) is 0.348. The van der Waals surface area contributed by atoms with Crippen molar-refractivity contribution in [1.29, 1.82) is 0 Å². The smallest absolute Gasteiger partial charge is 0.270 e. The maximum atomic E-state index is 13.4. The zero-order valence-corrected chi connectivity index (χ0v) is 17.2.